The summed E-state index contributed by atoms with van der Waals surface area (Å²) in [5.41, 5.74) is 0.937. The highest BCUT2D eigenvalue weighted by Gasteiger charge is 2.18. The van der Waals surface area contributed by atoms with Crippen LogP contribution >= 0.6 is 11.6 Å². The summed E-state index contributed by atoms with van der Waals surface area (Å²) >= 11 is 5.90. The van der Waals surface area contributed by atoms with Crippen molar-refractivity contribution in [2.75, 3.05) is 0 Å². The number of hydrogen-bond donors (Lipinski definition) is 0. The van der Waals surface area contributed by atoms with E-state index in [9.17, 15) is 0 Å². The van der Waals surface area contributed by atoms with E-state index in [1.807, 2.05) is 42.8 Å². The Hall–Kier alpha value is -2.40. The molecule has 0 saturated heterocycles. The molecule has 0 bridgehead atoms. The van der Waals surface area contributed by atoms with Crippen LogP contribution in [0.5, 0.6) is 5.75 Å². The minimum absolute atomic E-state index is 0.223. The maximum absolute atomic E-state index is 5.95. The third-order valence-corrected chi connectivity index (χ3v) is 3.68. The van der Waals surface area contributed by atoms with Gasteiger partial charge in [-0.05, 0) is 50.2 Å². The number of halogens is 1. The van der Waals surface area contributed by atoms with E-state index < -0.39 is 0 Å². The van der Waals surface area contributed by atoms with Crippen LogP contribution in [0.25, 0.3) is 11.4 Å². The maximum atomic E-state index is 5.95. The number of rotatable bonds is 5. The molecule has 0 aliphatic rings. The van der Waals surface area contributed by atoms with Crippen molar-refractivity contribution in [3.8, 4) is 17.1 Å². The van der Waals surface area contributed by atoms with Gasteiger partial charge in [0.05, 0.1) is 0 Å². The molecule has 0 aliphatic heterocycles. The van der Waals surface area contributed by atoms with Crippen LogP contribution < -0.4 is 4.74 Å². The molecule has 3 rings (SSSR count). The summed E-state index contributed by atoms with van der Waals surface area (Å²) < 4.78 is 7.81. The Balaban J connectivity index is 1.86. The van der Waals surface area contributed by atoms with Gasteiger partial charge in [0, 0.05) is 29.5 Å². The van der Waals surface area contributed by atoms with Crippen molar-refractivity contribution >= 4 is 11.6 Å². The zero-order valence-electron chi connectivity index (χ0n) is 13.0. The first-order valence-electron chi connectivity index (χ1n) is 7.44. The number of pyridine rings is 1. The van der Waals surface area contributed by atoms with Crippen LogP contribution in [-0.4, -0.2) is 19.7 Å². The Bertz CT molecular complexity index is 771. The summed E-state index contributed by atoms with van der Waals surface area (Å²) in [6.07, 6.45) is 3.24. The molecule has 5 nitrogen and oxygen atoms in total. The van der Waals surface area contributed by atoms with Crippen molar-refractivity contribution in [2.24, 2.45) is 0 Å². The van der Waals surface area contributed by atoms with E-state index in [1.54, 1.807) is 24.5 Å². The molecule has 1 atom stereocenters. The average molecular weight is 329 g/mol. The molecule has 6 heteroatoms. The van der Waals surface area contributed by atoms with Gasteiger partial charge in [-0.1, -0.05) is 11.6 Å². The van der Waals surface area contributed by atoms with Crippen molar-refractivity contribution in [1.82, 2.24) is 19.7 Å². The molecular formula is C17H17ClN4O. The SMILES string of the molecule is CCn1nc(-c2ccncc2)nc1[C@H](C)Oc1ccc(Cl)cc1. The Kier molecular flexibility index (Phi) is 4.57. The Labute approximate surface area is 139 Å². The fourth-order valence-electron chi connectivity index (χ4n) is 2.28. The number of hydrogen-bond acceptors (Lipinski definition) is 4. The summed E-state index contributed by atoms with van der Waals surface area (Å²) in [4.78, 5) is 8.66. The molecule has 0 spiro atoms. The van der Waals surface area contributed by atoms with E-state index >= 15 is 0 Å². The fourth-order valence-corrected chi connectivity index (χ4v) is 2.41. The number of benzene rings is 1. The maximum Gasteiger partial charge on any atom is 0.181 e. The lowest BCUT2D eigenvalue weighted by atomic mass is 10.2. The topological polar surface area (TPSA) is 52.8 Å². The summed E-state index contributed by atoms with van der Waals surface area (Å²) in [7, 11) is 0. The summed E-state index contributed by atoms with van der Waals surface area (Å²) in [6.45, 7) is 4.71. The molecule has 23 heavy (non-hydrogen) atoms. The van der Waals surface area contributed by atoms with Gasteiger partial charge in [-0.15, -0.1) is 0 Å². The van der Waals surface area contributed by atoms with Crippen molar-refractivity contribution in [2.45, 2.75) is 26.5 Å². The van der Waals surface area contributed by atoms with Gasteiger partial charge in [0.2, 0.25) is 0 Å². The molecule has 2 aromatic heterocycles. The van der Waals surface area contributed by atoms with E-state index in [4.69, 9.17) is 16.3 Å². The fraction of sp³-hybridized carbons (Fsp3) is 0.235. The Morgan fingerprint density at radius 2 is 1.83 bits per heavy atom. The predicted molar refractivity (Wildman–Crippen MR) is 89.4 cm³/mol. The smallest absolute Gasteiger partial charge is 0.181 e. The summed E-state index contributed by atoms with van der Waals surface area (Å²) in [5, 5.41) is 5.23. The Morgan fingerprint density at radius 1 is 1.13 bits per heavy atom. The predicted octanol–water partition coefficient (Wildman–Crippen LogP) is 4.15. The third kappa shape index (κ3) is 3.51. The lowest BCUT2D eigenvalue weighted by Gasteiger charge is -2.14. The van der Waals surface area contributed by atoms with Gasteiger partial charge >= 0.3 is 0 Å². The highest BCUT2D eigenvalue weighted by Crippen LogP contribution is 2.24. The Morgan fingerprint density at radius 3 is 2.48 bits per heavy atom. The minimum Gasteiger partial charge on any atom is -0.483 e. The lowest BCUT2D eigenvalue weighted by molar-refractivity contribution is 0.209. The molecule has 0 saturated carbocycles. The summed E-state index contributed by atoms with van der Waals surface area (Å²) in [6, 6.07) is 11.1. The van der Waals surface area contributed by atoms with Crippen molar-refractivity contribution in [1.29, 1.82) is 0 Å². The van der Waals surface area contributed by atoms with E-state index in [0.29, 0.717) is 10.8 Å². The average Bonchev–Trinajstić information content (AvgIpc) is 3.02. The largest absolute Gasteiger partial charge is 0.483 e. The number of aryl methyl sites for hydroxylation is 1. The second-order valence-corrected chi connectivity index (χ2v) is 5.50. The van der Waals surface area contributed by atoms with E-state index in [2.05, 4.69) is 15.1 Å². The standard InChI is InChI=1S/C17H17ClN4O/c1-3-22-17(12(2)23-15-6-4-14(18)5-7-15)20-16(21-22)13-8-10-19-11-9-13/h4-12H,3H2,1-2H3/t12-/m0/s1. The first kappa shape index (κ1) is 15.5. The van der Waals surface area contributed by atoms with Gasteiger partial charge in [-0.25, -0.2) is 9.67 Å². The van der Waals surface area contributed by atoms with Crippen molar-refractivity contribution in [3.63, 3.8) is 0 Å². The second-order valence-electron chi connectivity index (χ2n) is 5.06. The molecule has 0 unspecified atom stereocenters. The summed E-state index contributed by atoms with van der Waals surface area (Å²) in [5.74, 6) is 2.21. The van der Waals surface area contributed by atoms with Gasteiger partial charge in [-0.3, -0.25) is 4.98 Å². The third-order valence-electron chi connectivity index (χ3n) is 3.43. The van der Waals surface area contributed by atoms with Crippen LogP contribution in [0, 0.1) is 0 Å². The zero-order chi connectivity index (χ0) is 16.2. The number of aromatic nitrogens is 4. The van der Waals surface area contributed by atoms with Gasteiger partial charge in [0.15, 0.2) is 17.8 Å². The molecule has 0 radical (unpaired) electrons. The van der Waals surface area contributed by atoms with Crippen LogP contribution in [0.1, 0.15) is 25.8 Å². The van der Waals surface area contributed by atoms with Crippen LogP contribution in [0.2, 0.25) is 5.02 Å². The monoisotopic (exact) mass is 328 g/mol. The van der Waals surface area contributed by atoms with Gasteiger partial charge in [0.1, 0.15) is 5.75 Å². The normalized spacial score (nSPS) is 12.1. The van der Waals surface area contributed by atoms with Crippen LogP contribution in [-0.2, 0) is 6.54 Å². The first-order valence-corrected chi connectivity index (χ1v) is 7.82. The van der Waals surface area contributed by atoms with E-state index in [0.717, 1.165) is 23.7 Å². The molecule has 0 amide bonds. The molecule has 3 aromatic rings. The van der Waals surface area contributed by atoms with Crippen LogP contribution in [0.15, 0.2) is 48.8 Å². The van der Waals surface area contributed by atoms with E-state index in [1.165, 1.54) is 0 Å². The van der Waals surface area contributed by atoms with Gasteiger partial charge in [0.25, 0.3) is 0 Å². The molecule has 0 N–H and O–H groups in total. The van der Waals surface area contributed by atoms with Crippen LogP contribution in [0.3, 0.4) is 0 Å². The minimum atomic E-state index is -0.223. The van der Waals surface area contributed by atoms with Gasteiger partial charge < -0.3 is 4.74 Å². The molecule has 2 heterocycles. The molecular weight excluding hydrogens is 312 g/mol. The van der Waals surface area contributed by atoms with Crippen molar-refractivity contribution in [3.05, 3.63) is 59.6 Å². The lowest BCUT2D eigenvalue weighted by Crippen LogP contribution is -2.12. The second kappa shape index (κ2) is 6.79. The highest BCUT2D eigenvalue weighted by atomic mass is 35.5. The zero-order valence-corrected chi connectivity index (χ0v) is 13.7. The van der Waals surface area contributed by atoms with Gasteiger partial charge in [-0.2, -0.15) is 5.10 Å². The van der Waals surface area contributed by atoms with Crippen LogP contribution in [0.4, 0.5) is 0 Å². The van der Waals surface area contributed by atoms with Crippen molar-refractivity contribution < 1.29 is 4.74 Å². The first-order chi connectivity index (χ1) is 11.2. The molecule has 1 aromatic carbocycles. The number of ether oxygens (including phenoxy) is 1. The molecule has 0 fully saturated rings. The van der Waals surface area contributed by atoms with E-state index in [-0.39, 0.29) is 6.10 Å². The quantitative estimate of drug-likeness (QED) is 0.706. The number of nitrogens with zero attached hydrogens (tertiary/aromatic N) is 4. The molecule has 118 valence electrons. The highest BCUT2D eigenvalue weighted by molar-refractivity contribution is 6.30. The molecule has 0 aliphatic carbocycles.